The van der Waals surface area contributed by atoms with E-state index in [-0.39, 0.29) is 36.3 Å². The van der Waals surface area contributed by atoms with Crippen LogP contribution in [0.25, 0.3) is 5.69 Å². The van der Waals surface area contributed by atoms with Gasteiger partial charge in [-0.15, -0.1) is 0 Å². The van der Waals surface area contributed by atoms with Crippen molar-refractivity contribution in [3.05, 3.63) is 52.3 Å². The lowest BCUT2D eigenvalue weighted by Crippen LogP contribution is -2.38. The molecule has 25 heavy (non-hydrogen) atoms. The van der Waals surface area contributed by atoms with Crippen LogP contribution >= 0.6 is 0 Å². The molecule has 0 radical (unpaired) electrons. The lowest BCUT2D eigenvalue weighted by molar-refractivity contribution is -0.384. The number of amides is 1. The van der Waals surface area contributed by atoms with Crippen molar-refractivity contribution in [1.29, 1.82) is 0 Å². The fourth-order valence-electron chi connectivity index (χ4n) is 2.27. The van der Waals surface area contributed by atoms with Crippen molar-refractivity contribution in [2.75, 3.05) is 6.54 Å². The topological polar surface area (TPSA) is 119 Å². The van der Waals surface area contributed by atoms with Gasteiger partial charge in [0, 0.05) is 30.9 Å². The Morgan fingerprint density at radius 3 is 2.44 bits per heavy atom. The van der Waals surface area contributed by atoms with E-state index in [0.717, 1.165) is 0 Å². The molecule has 1 heterocycles. The van der Waals surface area contributed by atoms with E-state index in [9.17, 15) is 19.7 Å². The highest BCUT2D eigenvalue weighted by atomic mass is 16.6. The molecular weight excluding hydrogens is 328 g/mol. The van der Waals surface area contributed by atoms with E-state index in [4.69, 9.17) is 5.11 Å². The first-order chi connectivity index (χ1) is 11.8. The number of carboxylic acids is 1. The van der Waals surface area contributed by atoms with E-state index in [0.29, 0.717) is 5.69 Å². The quantitative estimate of drug-likeness (QED) is 0.606. The van der Waals surface area contributed by atoms with Crippen LogP contribution < -0.4 is 0 Å². The number of nitrogens with zero attached hydrogens (tertiary/aromatic N) is 4. The second-order valence-electron chi connectivity index (χ2n) is 5.66. The number of rotatable bonds is 7. The maximum absolute atomic E-state index is 12.6. The smallest absolute Gasteiger partial charge is 0.305 e. The van der Waals surface area contributed by atoms with Gasteiger partial charge in [-0.25, -0.2) is 4.68 Å². The van der Waals surface area contributed by atoms with Crippen LogP contribution in [0.1, 0.15) is 30.8 Å². The molecule has 0 saturated carbocycles. The van der Waals surface area contributed by atoms with Crippen LogP contribution in [0.2, 0.25) is 0 Å². The van der Waals surface area contributed by atoms with Crippen molar-refractivity contribution in [3.63, 3.8) is 0 Å². The van der Waals surface area contributed by atoms with Gasteiger partial charge in [0.25, 0.3) is 11.6 Å². The standard InChI is InChI=1S/C16H18N4O5/c1-11(2)18(9-8-15(21)22)16(23)14-7-10-19(17-14)12-3-5-13(6-4-12)20(24)25/h3-7,10-11H,8-9H2,1-2H3,(H,21,22). The third-order valence-corrected chi connectivity index (χ3v) is 3.58. The fraction of sp³-hybridized carbons (Fsp3) is 0.312. The molecule has 1 amide bonds. The van der Waals surface area contributed by atoms with E-state index < -0.39 is 10.9 Å². The number of non-ortho nitro benzene ring substituents is 1. The van der Waals surface area contributed by atoms with Crippen molar-refractivity contribution in [3.8, 4) is 5.69 Å². The summed E-state index contributed by atoms with van der Waals surface area (Å²) in [6, 6.07) is 7.13. The first-order valence-electron chi connectivity index (χ1n) is 7.63. The van der Waals surface area contributed by atoms with Crippen LogP contribution in [0.3, 0.4) is 0 Å². The Morgan fingerprint density at radius 2 is 1.92 bits per heavy atom. The first-order valence-corrected chi connectivity index (χ1v) is 7.63. The molecule has 0 fully saturated rings. The second kappa shape index (κ2) is 7.56. The summed E-state index contributed by atoms with van der Waals surface area (Å²) in [6.45, 7) is 3.69. The summed E-state index contributed by atoms with van der Waals surface area (Å²) in [6.07, 6.45) is 1.43. The van der Waals surface area contributed by atoms with E-state index in [1.165, 1.54) is 39.9 Å². The van der Waals surface area contributed by atoms with E-state index in [2.05, 4.69) is 5.10 Å². The first kappa shape index (κ1) is 18.1. The molecule has 9 heteroatoms. The summed E-state index contributed by atoms with van der Waals surface area (Å²) < 4.78 is 1.44. The molecule has 1 aromatic heterocycles. The SMILES string of the molecule is CC(C)N(CCC(=O)O)C(=O)c1ccn(-c2ccc([N+](=O)[O-])cc2)n1. The number of aromatic nitrogens is 2. The number of nitro benzene ring substituents is 1. The van der Waals surface area contributed by atoms with E-state index in [1.807, 2.05) is 0 Å². The van der Waals surface area contributed by atoms with Gasteiger partial charge in [-0.1, -0.05) is 0 Å². The zero-order chi connectivity index (χ0) is 18.6. The van der Waals surface area contributed by atoms with Gasteiger partial charge in [0.05, 0.1) is 17.0 Å². The van der Waals surface area contributed by atoms with Crippen molar-refractivity contribution in [1.82, 2.24) is 14.7 Å². The minimum Gasteiger partial charge on any atom is -0.481 e. The number of carboxylic acid groups (broad SMARTS) is 1. The predicted octanol–water partition coefficient (Wildman–Crippen LogP) is 2.11. The van der Waals surface area contributed by atoms with Crippen molar-refractivity contribution >= 4 is 17.6 Å². The summed E-state index contributed by atoms with van der Waals surface area (Å²) in [4.78, 5) is 34.9. The average molecular weight is 346 g/mol. The second-order valence-corrected chi connectivity index (χ2v) is 5.66. The number of carbonyl (C=O) groups is 2. The molecule has 1 aromatic carbocycles. The number of carbonyl (C=O) groups excluding carboxylic acids is 1. The Morgan fingerprint density at radius 1 is 1.28 bits per heavy atom. The van der Waals surface area contributed by atoms with Gasteiger partial charge in [-0.05, 0) is 32.0 Å². The third kappa shape index (κ3) is 4.40. The zero-order valence-electron chi connectivity index (χ0n) is 13.8. The molecule has 132 valence electrons. The highest BCUT2D eigenvalue weighted by molar-refractivity contribution is 5.92. The van der Waals surface area contributed by atoms with Gasteiger partial charge in [-0.2, -0.15) is 5.10 Å². The van der Waals surface area contributed by atoms with Gasteiger partial charge < -0.3 is 10.0 Å². The molecule has 0 unspecified atom stereocenters. The molecule has 0 aliphatic rings. The van der Waals surface area contributed by atoms with Gasteiger partial charge in [0.1, 0.15) is 0 Å². The lowest BCUT2D eigenvalue weighted by atomic mass is 10.2. The summed E-state index contributed by atoms with van der Waals surface area (Å²) >= 11 is 0. The van der Waals surface area contributed by atoms with Crippen molar-refractivity contribution in [2.45, 2.75) is 26.3 Å². The molecular formula is C16H18N4O5. The highest BCUT2D eigenvalue weighted by Gasteiger charge is 2.22. The van der Waals surface area contributed by atoms with Gasteiger partial charge in [0.15, 0.2) is 5.69 Å². The number of aliphatic carboxylic acids is 1. The van der Waals surface area contributed by atoms with Crippen LogP contribution in [0.4, 0.5) is 5.69 Å². The molecule has 0 saturated heterocycles. The van der Waals surface area contributed by atoms with Crippen LogP contribution in [0.15, 0.2) is 36.5 Å². The summed E-state index contributed by atoms with van der Waals surface area (Å²) in [7, 11) is 0. The maximum Gasteiger partial charge on any atom is 0.305 e. The Balaban J connectivity index is 2.19. The number of hydrogen-bond acceptors (Lipinski definition) is 5. The Hall–Kier alpha value is -3.23. The Kier molecular flexibility index (Phi) is 5.48. The summed E-state index contributed by atoms with van der Waals surface area (Å²) in [5, 5.41) is 23.7. The molecule has 0 atom stereocenters. The predicted molar refractivity (Wildman–Crippen MR) is 88.6 cm³/mol. The largest absolute Gasteiger partial charge is 0.481 e. The minimum absolute atomic E-state index is 0.0353. The summed E-state index contributed by atoms with van der Waals surface area (Å²) in [5.41, 5.74) is 0.718. The molecule has 0 aliphatic carbocycles. The molecule has 1 N–H and O–H groups in total. The molecule has 2 aromatic rings. The fourth-order valence-corrected chi connectivity index (χ4v) is 2.27. The number of hydrogen-bond donors (Lipinski definition) is 1. The molecule has 0 bridgehead atoms. The van der Waals surface area contributed by atoms with Gasteiger partial charge in [-0.3, -0.25) is 19.7 Å². The lowest BCUT2D eigenvalue weighted by Gasteiger charge is -2.25. The van der Waals surface area contributed by atoms with Crippen molar-refractivity contribution in [2.24, 2.45) is 0 Å². The molecule has 2 rings (SSSR count). The maximum atomic E-state index is 12.6. The van der Waals surface area contributed by atoms with E-state index in [1.54, 1.807) is 20.0 Å². The number of nitro groups is 1. The van der Waals surface area contributed by atoms with E-state index >= 15 is 0 Å². The van der Waals surface area contributed by atoms with Gasteiger partial charge >= 0.3 is 5.97 Å². The molecule has 9 nitrogen and oxygen atoms in total. The highest BCUT2D eigenvalue weighted by Crippen LogP contribution is 2.16. The van der Waals surface area contributed by atoms with Crippen LogP contribution in [-0.2, 0) is 4.79 Å². The molecule has 0 aliphatic heterocycles. The Labute approximate surface area is 143 Å². The van der Waals surface area contributed by atoms with Crippen LogP contribution in [0, 0.1) is 10.1 Å². The molecule has 0 spiro atoms. The van der Waals surface area contributed by atoms with Crippen molar-refractivity contribution < 1.29 is 19.6 Å². The summed E-state index contributed by atoms with van der Waals surface area (Å²) in [5.74, 6) is -1.34. The Bertz CT molecular complexity index is 782. The van der Waals surface area contributed by atoms with Crippen LogP contribution in [0.5, 0.6) is 0 Å². The van der Waals surface area contributed by atoms with Crippen LogP contribution in [-0.4, -0.2) is 49.2 Å². The average Bonchev–Trinajstić information content (AvgIpc) is 3.04. The monoisotopic (exact) mass is 346 g/mol. The third-order valence-electron chi connectivity index (χ3n) is 3.58. The zero-order valence-corrected chi connectivity index (χ0v) is 13.8. The number of benzene rings is 1. The normalized spacial score (nSPS) is 10.7. The van der Waals surface area contributed by atoms with Gasteiger partial charge in [0.2, 0.25) is 0 Å². The minimum atomic E-state index is -0.977.